The van der Waals surface area contributed by atoms with E-state index in [4.69, 9.17) is 5.26 Å². The number of nitriles is 1. The molecule has 1 aromatic heterocycles. The summed E-state index contributed by atoms with van der Waals surface area (Å²) in [7, 11) is 0. The fraction of sp³-hybridized carbons (Fsp3) is 0.667. The van der Waals surface area contributed by atoms with E-state index in [1.54, 1.807) is 6.07 Å². The Balaban J connectivity index is 1.93. The van der Waals surface area contributed by atoms with Gasteiger partial charge in [0.25, 0.3) is 0 Å². The molecule has 0 amide bonds. The van der Waals surface area contributed by atoms with Crippen LogP contribution in [-0.4, -0.2) is 36.1 Å². The van der Waals surface area contributed by atoms with Gasteiger partial charge in [-0.1, -0.05) is 13.3 Å². The summed E-state index contributed by atoms with van der Waals surface area (Å²) in [5.41, 5.74) is 0.400. The highest BCUT2D eigenvalue weighted by Gasteiger charge is 2.13. The molecule has 1 aliphatic heterocycles. The highest BCUT2D eigenvalue weighted by Crippen LogP contribution is 2.14. The number of aromatic nitrogens is 2. The molecule has 1 fully saturated rings. The highest BCUT2D eigenvalue weighted by atomic mass is 15.1. The summed E-state index contributed by atoms with van der Waals surface area (Å²) in [6.07, 6.45) is 4.55. The predicted molar refractivity (Wildman–Crippen MR) is 84.2 cm³/mol. The van der Waals surface area contributed by atoms with Crippen molar-refractivity contribution in [1.29, 1.82) is 5.26 Å². The molecule has 0 aliphatic carbocycles. The molecular weight excluding hydrogens is 264 g/mol. The molecule has 0 aromatic carbocycles. The van der Waals surface area contributed by atoms with Crippen molar-refractivity contribution in [2.75, 3.05) is 36.8 Å². The van der Waals surface area contributed by atoms with E-state index in [0.717, 1.165) is 44.8 Å². The molecule has 2 rings (SSSR count). The van der Waals surface area contributed by atoms with E-state index in [-0.39, 0.29) is 0 Å². The quantitative estimate of drug-likeness (QED) is 0.665. The first-order valence-corrected chi connectivity index (χ1v) is 7.79. The van der Waals surface area contributed by atoms with E-state index < -0.39 is 0 Å². The van der Waals surface area contributed by atoms with Crippen molar-refractivity contribution in [2.45, 2.75) is 32.6 Å². The summed E-state index contributed by atoms with van der Waals surface area (Å²) in [6, 6.07) is 3.81. The molecular formula is C15H24N6. The lowest BCUT2D eigenvalue weighted by Gasteiger charge is -2.23. The summed E-state index contributed by atoms with van der Waals surface area (Å²) in [6.45, 7) is 6.05. The van der Waals surface area contributed by atoms with Crippen molar-refractivity contribution in [3.8, 4) is 6.07 Å². The third kappa shape index (κ3) is 5.20. The normalized spacial score (nSPS) is 15.4. The molecule has 1 aromatic rings. The van der Waals surface area contributed by atoms with Crippen LogP contribution in [0.3, 0.4) is 0 Å². The Labute approximate surface area is 126 Å². The first-order valence-electron chi connectivity index (χ1n) is 7.79. The van der Waals surface area contributed by atoms with Crippen molar-refractivity contribution >= 4 is 11.8 Å². The first kappa shape index (κ1) is 15.5. The number of nitrogens with one attached hydrogen (secondary N) is 3. The van der Waals surface area contributed by atoms with E-state index in [1.165, 1.54) is 12.8 Å². The van der Waals surface area contributed by atoms with Gasteiger partial charge in [0, 0.05) is 19.2 Å². The Kier molecular flexibility index (Phi) is 6.22. The van der Waals surface area contributed by atoms with Crippen molar-refractivity contribution in [1.82, 2.24) is 15.3 Å². The minimum absolute atomic E-state index is 0.400. The standard InChI is InChI=1S/C15H24N6/c1-2-3-6-18-15-20-13(10-16)9-14(21-15)19-11-12-4-7-17-8-5-12/h9,12,17H,2-8,11H2,1H3,(H2,18,19,20,21). The van der Waals surface area contributed by atoms with Crippen LogP contribution in [0.4, 0.5) is 11.8 Å². The number of anilines is 2. The summed E-state index contributed by atoms with van der Waals surface area (Å²) in [5, 5.41) is 19.0. The second-order valence-electron chi connectivity index (χ2n) is 5.43. The zero-order valence-corrected chi connectivity index (χ0v) is 12.7. The molecule has 6 heteroatoms. The maximum Gasteiger partial charge on any atom is 0.225 e. The summed E-state index contributed by atoms with van der Waals surface area (Å²) < 4.78 is 0. The van der Waals surface area contributed by atoms with Crippen LogP contribution < -0.4 is 16.0 Å². The van der Waals surface area contributed by atoms with Gasteiger partial charge in [-0.3, -0.25) is 0 Å². The van der Waals surface area contributed by atoms with Gasteiger partial charge in [0.2, 0.25) is 5.95 Å². The fourth-order valence-electron chi connectivity index (χ4n) is 2.39. The van der Waals surface area contributed by atoms with E-state index in [0.29, 0.717) is 17.6 Å². The second kappa shape index (κ2) is 8.42. The Morgan fingerprint density at radius 2 is 2.14 bits per heavy atom. The lowest BCUT2D eigenvalue weighted by molar-refractivity contribution is 0.389. The van der Waals surface area contributed by atoms with Crippen LogP contribution in [0, 0.1) is 17.2 Å². The Morgan fingerprint density at radius 3 is 2.86 bits per heavy atom. The van der Waals surface area contributed by atoms with Gasteiger partial charge < -0.3 is 16.0 Å². The lowest BCUT2D eigenvalue weighted by Crippen LogP contribution is -2.31. The van der Waals surface area contributed by atoms with Crippen LogP contribution in [-0.2, 0) is 0 Å². The van der Waals surface area contributed by atoms with E-state index >= 15 is 0 Å². The van der Waals surface area contributed by atoms with Gasteiger partial charge in [0.05, 0.1) is 0 Å². The topological polar surface area (TPSA) is 85.7 Å². The van der Waals surface area contributed by atoms with Gasteiger partial charge >= 0.3 is 0 Å². The Bertz CT molecular complexity index is 476. The number of piperidine rings is 1. The molecule has 1 saturated heterocycles. The maximum absolute atomic E-state index is 9.07. The van der Waals surface area contributed by atoms with Crippen molar-refractivity contribution in [3.05, 3.63) is 11.8 Å². The number of hydrogen-bond acceptors (Lipinski definition) is 6. The molecule has 0 radical (unpaired) electrons. The summed E-state index contributed by atoms with van der Waals surface area (Å²) >= 11 is 0. The minimum atomic E-state index is 0.400. The summed E-state index contributed by atoms with van der Waals surface area (Å²) in [5.74, 6) is 1.94. The number of nitrogens with zero attached hydrogens (tertiary/aromatic N) is 3. The largest absolute Gasteiger partial charge is 0.370 e. The van der Waals surface area contributed by atoms with Gasteiger partial charge in [-0.25, -0.2) is 4.98 Å². The van der Waals surface area contributed by atoms with Crippen molar-refractivity contribution in [3.63, 3.8) is 0 Å². The zero-order valence-electron chi connectivity index (χ0n) is 12.7. The van der Waals surface area contributed by atoms with Crippen molar-refractivity contribution < 1.29 is 0 Å². The van der Waals surface area contributed by atoms with Crippen LogP contribution in [0.25, 0.3) is 0 Å². The molecule has 114 valence electrons. The molecule has 0 spiro atoms. The molecule has 0 saturated carbocycles. The monoisotopic (exact) mass is 288 g/mol. The van der Waals surface area contributed by atoms with Crippen LogP contribution in [0.2, 0.25) is 0 Å². The van der Waals surface area contributed by atoms with Gasteiger partial charge in [-0.05, 0) is 38.3 Å². The number of unbranched alkanes of at least 4 members (excludes halogenated alkanes) is 1. The number of hydrogen-bond donors (Lipinski definition) is 3. The van der Waals surface area contributed by atoms with Crippen LogP contribution >= 0.6 is 0 Å². The molecule has 0 unspecified atom stereocenters. The predicted octanol–water partition coefficient (Wildman–Crippen LogP) is 1.97. The van der Waals surface area contributed by atoms with E-state index in [1.807, 2.05) is 0 Å². The van der Waals surface area contributed by atoms with Gasteiger partial charge in [0.1, 0.15) is 17.6 Å². The molecule has 2 heterocycles. The smallest absolute Gasteiger partial charge is 0.225 e. The third-order valence-electron chi connectivity index (χ3n) is 3.68. The zero-order chi connectivity index (χ0) is 14.9. The minimum Gasteiger partial charge on any atom is -0.370 e. The van der Waals surface area contributed by atoms with Crippen LogP contribution in [0.5, 0.6) is 0 Å². The molecule has 0 bridgehead atoms. The highest BCUT2D eigenvalue weighted by molar-refractivity contribution is 5.45. The molecule has 6 nitrogen and oxygen atoms in total. The van der Waals surface area contributed by atoms with Crippen LogP contribution in [0.1, 0.15) is 38.3 Å². The van der Waals surface area contributed by atoms with E-state index in [9.17, 15) is 0 Å². The average Bonchev–Trinajstić information content (AvgIpc) is 2.54. The molecule has 3 N–H and O–H groups in total. The van der Waals surface area contributed by atoms with Crippen LogP contribution in [0.15, 0.2) is 6.07 Å². The Hall–Kier alpha value is -1.87. The average molecular weight is 288 g/mol. The van der Waals surface area contributed by atoms with Gasteiger partial charge in [-0.2, -0.15) is 10.2 Å². The van der Waals surface area contributed by atoms with Crippen molar-refractivity contribution in [2.24, 2.45) is 5.92 Å². The third-order valence-corrected chi connectivity index (χ3v) is 3.68. The molecule has 21 heavy (non-hydrogen) atoms. The summed E-state index contributed by atoms with van der Waals surface area (Å²) in [4.78, 5) is 8.62. The second-order valence-corrected chi connectivity index (χ2v) is 5.43. The lowest BCUT2D eigenvalue weighted by atomic mass is 9.98. The molecule has 1 aliphatic rings. The SMILES string of the molecule is CCCCNc1nc(C#N)cc(NCC2CCNCC2)n1. The molecule has 0 atom stereocenters. The van der Waals surface area contributed by atoms with Gasteiger partial charge in [-0.15, -0.1) is 0 Å². The van der Waals surface area contributed by atoms with Gasteiger partial charge in [0.15, 0.2) is 0 Å². The Morgan fingerprint density at radius 1 is 1.33 bits per heavy atom. The number of rotatable bonds is 7. The first-order chi connectivity index (χ1) is 10.3. The van der Waals surface area contributed by atoms with E-state index in [2.05, 4.69) is 38.9 Å². The maximum atomic E-state index is 9.07. The fourth-order valence-corrected chi connectivity index (χ4v) is 2.39.